The van der Waals surface area contributed by atoms with Crippen molar-refractivity contribution in [3.05, 3.63) is 82.9 Å². The minimum Gasteiger partial charge on any atom is -0.497 e. The van der Waals surface area contributed by atoms with Gasteiger partial charge in [-0.25, -0.2) is 0 Å². The zero-order chi connectivity index (χ0) is 24.8. The highest BCUT2D eigenvalue weighted by atomic mass is 35.5. The number of anilines is 1. The lowest BCUT2D eigenvalue weighted by Gasteiger charge is -2.10. The van der Waals surface area contributed by atoms with Gasteiger partial charge in [-0.3, -0.25) is 4.79 Å². The number of rotatable bonds is 9. The van der Waals surface area contributed by atoms with Crippen molar-refractivity contribution in [2.24, 2.45) is 0 Å². The fourth-order valence-corrected chi connectivity index (χ4v) is 3.72. The third-order valence-electron chi connectivity index (χ3n) is 5.39. The number of hydrogen-bond acceptors (Lipinski definition) is 7. The number of hydrogen-bond donors (Lipinski definition) is 1. The van der Waals surface area contributed by atoms with Crippen molar-refractivity contribution < 1.29 is 19.0 Å². The highest BCUT2D eigenvalue weighted by Gasteiger charge is 2.19. The smallest absolute Gasteiger partial charge is 0.254 e. The number of nitrogens with zero attached hydrogens (tertiary/aromatic N) is 3. The van der Waals surface area contributed by atoms with Crippen molar-refractivity contribution in [2.45, 2.75) is 13.0 Å². The number of ether oxygens (including phenoxy) is 3. The second kappa shape index (κ2) is 10.9. The molecule has 180 valence electrons. The van der Waals surface area contributed by atoms with Crippen molar-refractivity contribution in [1.29, 1.82) is 0 Å². The predicted octanol–water partition coefficient (Wildman–Crippen LogP) is 5.12. The molecule has 0 fully saturated rings. The normalized spacial score (nSPS) is 10.6. The van der Waals surface area contributed by atoms with Gasteiger partial charge in [-0.05, 0) is 53.6 Å². The zero-order valence-electron chi connectivity index (χ0n) is 19.6. The fourth-order valence-electron chi connectivity index (χ4n) is 3.52. The van der Waals surface area contributed by atoms with E-state index in [1.165, 1.54) is 4.68 Å². The number of nitrogens with one attached hydrogen (secondary N) is 1. The van der Waals surface area contributed by atoms with Gasteiger partial charge in [0.2, 0.25) is 5.95 Å². The van der Waals surface area contributed by atoms with Crippen LogP contribution in [0, 0.1) is 0 Å². The van der Waals surface area contributed by atoms with Gasteiger partial charge in [-0.2, -0.15) is 9.67 Å². The second-order valence-corrected chi connectivity index (χ2v) is 8.01. The van der Waals surface area contributed by atoms with Crippen LogP contribution in [-0.2, 0) is 13.0 Å². The molecule has 1 N–H and O–H groups in total. The Bertz CT molecular complexity index is 1320. The first kappa shape index (κ1) is 24.1. The molecule has 0 aliphatic rings. The Balaban J connectivity index is 1.64. The highest BCUT2D eigenvalue weighted by molar-refractivity contribution is 6.31. The summed E-state index contributed by atoms with van der Waals surface area (Å²) in [5, 5.41) is 8.34. The van der Waals surface area contributed by atoms with E-state index in [0.29, 0.717) is 34.8 Å². The Morgan fingerprint density at radius 2 is 1.69 bits per heavy atom. The molecule has 8 nitrogen and oxygen atoms in total. The molecular weight excluding hydrogens is 468 g/mol. The quantitative estimate of drug-likeness (QED) is 0.347. The van der Waals surface area contributed by atoms with Crippen molar-refractivity contribution in [1.82, 2.24) is 14.8 Å². The summed E-state index contributed by atoms with van der Waals surface area (Å²) in [5.74, 6) is 2.33. The van der Waals surface area contributed by atoms with E-state index < -0.39 is 0 Å². The number of carbonyl (C=O) groups excluding carboxylic acids is 1. The number of aromatic nitrogens is 3. The Kier molecular flexibility index (Phi) is 7.52. The van der Waals surface area contributed by atoms with Crippen LogP contribution in [-0.4, -0.2) is 42.0 Å². The van der Waals surface area contributed by atoms with Gasteiger partial charge in [0, 0.05) is 17.1 Å². The monoisotopic (exact) mass is 492 g/mol. The van der Waals surface area contributed by atoms with Crippen LogP contribution >= 0.6 is 11.6 Å². The van der Waals surface area contributed by atoms with E-state index >= 15 is 0 Å². The molecule has 0 aliphatic heterocycles. The minimum atomic E-state index is -0.258. The van der Waals surface area contributed by atoms with Crippen LogP contribution in [0.5, 0.6) is 17.2 Å². The molecule has 0 saturated carbocycles. The van der Waals surface area contributed by atoms with Gasteiger partial charge >= 0.3 is 0 Å². The summed E-state index contributed by atoms with van der Waals surface area (Å²) in [6, 6.07) is 20.2. The van der Waals surface area contributed by atoms with E-state index in [1.807, 2.05) is 54.6 Å². The first-order chi connectivity index (χ1) is 17.0. The Labute approximate surface area is 208 Å². The lowest BCUT2D eigenvalue weighted by molar-refractivity contribution is 0.0901. The van der Waals surface area contributed by atoms with E-state index in [2.05, 4.69) is 15.4 Å². The van der Waals surface area contributed by atoms with Crippen LogP contribution in [0.3, 0.4) is 0 Å². The van der Waals surface area contributed by atoms with E-state index in [4.69, 9.17) is 25.8 Å². The largest absolute Gasteiger partial charge is 0.497 e. The van der Waals surface area contributed by atoms with Crippen LogP contribution < -0.4 is 19.5 Å². The van der Waals surface area contributed by atoms with Gasteiger partial charge in [0.05, 0.1) is 27.8 Å². The summed E-state index contributed by atoms with van der Waals surface area (Å²) in [6.45, 7) is 0.379. The van der Waals surface area contributed by atoms with Crippen LogP contribution in [0.15, 0.2) is 66.7 Å². The zero-order valence-corrected chi connectivity index (χ0v) is 20.4. The molecule has 0 bridgehead atoms. The van der Waals surface area contributed by atoms with E-state index in [1.54, 1.807) is 33.5 Å². The lowest BCUT2D eigenvalue weighted by atomic mass is 10.1. The molecule has 4 rings (SSSR count). The van der Waals surface area contributed by atoms with Crippen LogP contribution in [0.4, 0.5) is 5.95 Å². The maximum atomic E-state index is 13.3. The summed E-state index contributed by atoms with van der Waals surface area (Å²) in [5.41, 5.74) is 2.39. The summed E-state index contributed by atoms with van der Waals surface area (Å²) in [6.07, 6.45) is 0.0898. The number of benzene rings is 3. The average Bonchev–Trinajstić information content (AvgIpc) is 3.32. The van der Waals surface area contributed by atoms with Gasteiger partial charge in [0.15, 0.2) is 17.3 Å². The first-order valence-electron chi connectivity index (χ1n) is 10.8. The van der Waals surface area contributed by atoms with Crippen molar-refractivity contribution >= 4 is 23.5 Å². The molecular formula is C26H25ClN4O4. The number of halogens is 1. The minimum absolute atomic E-state index is 0.0898. The second-order valence-electron chi connectivity index (χ2n) is 7.60. The molecule has 1 heterocycles. The third-order valence-corrected chi connectivity index (χ3v) is 5.76. The summed E-state index contributed by atoms with van der Waals surface area (Å²) >= 11 is 6.30. The maximum absolute atomic E-state index is 13.3. The molecule has 4 aromatic rings. The molecule has 0 aliphatic carbocycles. The maximum Gasteiger partial charge on any atom is 0.254 e. The van der Waals surface area contributed by atoms with Crippen LogP contribution in [0.1, 0.15) is 15.9 Å². The van der Waals surface area contributed by atoms with Crippen molar-refractivity contribution in [3.8, 4) is 28.6 Å². The molecule has 0 atom stereocenters. The Hall–Kier alpha value is -4.04. The van der Waals surface area contributed by atoms with Crippen molar-refractivity contribution in [2.75, 3.05) is 26.6 Å². The van der Waals surface area contributed by atoms with Gasteiger partial charge in [0.1, 0.15) is 5.75 Å². The SMILES string of the molecule is COc1ccc(-c2nc(NCc3ccccc3Cl)n(C(=O)Cc3ccc(OC)c(OC)c3)n2)cc1. The highest BCUT2D eigenvalue weighted by Crippen LogP contribution is 2.28. The molecule has 0 saturated heterocycles. The molecule has 9 heteroatoms. The predicted molar refractivity (Wildman–Crippen MR) is 135 cm³/mol. The molecule has 0 unspecified atom stereocenters. The van der Waals surface area contributed by atoms with Crippen molar-refractivity contribution in [3.63, 3.8) is 0 Å². The summed E-state index contributed by atoms with van der Waals surface area (Å²) in [4.78, 5) is 17.9. The topological polar surface area (TPSA) is 87.5 Å². The summed E-state index contributed by atoms with van der Waals surface area (Å²) < 4.78 is 17.2. The van der Waals surface area contributed by atoms with E-state index in [0.717, 1.165) is 22.4 Å². The third kappa shape index (κ3) is 5.55. The Morgan fingerprint density at radius 1 is 0.943 bits per heavy atom. The molecule has 0 amide bonds. The number of methoxy groups -OCH3 is 3. The number of carbonyl (C=O) groups is 1. The molecule has 0 spiro atoms. The van der Waals surface area contributed by atoms with Crippen LogP contribution in [0.2, 0.25) is 5.02 Å². The van der Waals surface area contributed by atoms with Gasteiger partial charge < -0.3 is 19.5 Å². The first-order valence-corrected chi connectivity index (χ1v) is 11.2. The molecule has 35 heavy (non-hydrogen) atoms. The Morgan fingerprint density at radius 3 is 2.37 bits per heavy atom. The lowest BCUT2D eigenvalue weighted by Crippen LogP contribution is -2.18. The fraction of sp³-hybridized carbons (Fsp3) is 0.192. The van der Waals surface area contributed by atoms with Gasteiger partial charge in [-0.15, -0.1) is 5.10 Å². The van der Waals surface area contributed by atoms with E-state index in [9.17, 15) is 4.79 Å². The molecule has 1 aromatic heterocycles. The average molecular weight is 493 g/mol. The standard InChI is InChI=1S/C26H25ClN4O4/c1-33-20-11-9-18(10-12-20)25-29-26(28-16-19-6-4-5-7-21(19)27)31(30-25)24(32)15-17-8-13-22(34-2)23(14-17)35-3/h4-14H,15-16H2,1-3H3,(H,28,29,30). The molecule has 3 aromatic carbocycles. The molecule has 0 radical (unpaired) electrons. The summed E-state index contributed by atoms with van der Waals surface area (Å²) in [7, 11) is 4.72. The van der Waals surface area contributed by atoms with E-state index in [-0.39, 0.29) is 12.3 Å². The van der Waals surface area contributed by atoms with Crippen LogP contribution in [0.25, 0.3) is 11.4 Å². The van der Waals surface area contributed by atoms with Gasteiger partial charge in [-0.1, -0.05) is 35.9 Å². The van der Waals surface area contributed by atoms with Gasteiger partial charge in [0.25, 0.3) is 5.91 Å².